The molecule has 3 aromatic rings. The Labute approximate surface area is 268 Å². The number of hydrogen-bond donors (Lipinski definition) is 0. The molecular weight excluding hydrogens is 630 g/mol. The smallest absolute Gasteiger partial charge is 0.435 e. The molecule has 4 heterocycles. The highest BCUT2D eigenvalue weighted by Gasteiger charge is 2.43. The zero-order valence-corrected chi connectivity index (χ0v) is 26.2. The monoisotopic (exact) mass is 663 g/mol. The van der Waals surface area contributed by atoms with Crippen molar-refractivity contribution in [3.8, 4) is 11.5 Å². The van der Waals surface area contributed by atoms with Gasteiger partial charge in [0.2, 0.25) is 0 Å². The van der Waals surface area contributed by atoms with Crippen LogP contribution in [0.1, 0.15) is 67.4 Å². The van der Waals surface area contributed by atoms with E-state index in [1.807, 2.05) is 12.1 Å². The van der Waals surface area contributed by atoms with Crippen LogP contribution in [0.3, 0.4) is 0 Å². The molecule has 2 atom stereocenters. The Hall–Kier alpha value is -3.61. The van der Waals surface area contributed by atoms with Crippen molar-refractivity contribution in [2.24, 2.45) is 0 Å². The lowest BCUT2D eigenvalue weighted by molar-refractivity contribution is -0.141. The molecule has 0 amide bonds. The molecule has 2 fully saturated rings. The van der Waals surface area contributed by atoms with Gasteiger partial charge >= 0.3 is 12.1 Å². The van der Waals surface area contributed by atoms with Gasteiger partial charge in [-0.3, -0.25) is 4.90 Å². The maximum absolute atomic E-state index is 14.8. The Morgan fingerprint density at radius 2 is 1.93 bits per heavy atom. The summed E-state index contributed by atoms with van der Waals surface area (Å²) in [6.07, 6.45) is -0.684. The topological polar surface area (TPSA) is 75.0 Å². The molecule has 0 spiro atoms. The van der Waals surface area contributed by atoms with E-state index in [0.29, 0.717) is 44.0 Å². The van der Waals surface area contributed by atoms with Gasteiger partial charge < -0.3 is 23.5 Å². The van der Waals surface area contributed by atoms with Crippen molar-refractivity contribution in [1.29, 1.82) is 0 Å². The van der Waals surface area contributed by atoms with Gasteiger partial charge in [0.05, 0.1) is 37.1 Å². The first-order valence-electron chi connectivity index (χ1n) is 15.3. The van der Waals surface area contributed by atoms with Gasteiger partial charge in [0, 0.05) is 30.2 Å². The molecule has 2 saturated heterocycles. The predicted molar refractivity (Wildman–Crippen MR) is 161 cm³/mol. The van der Waals surface area contributed by atoms with Crippen LogP contribution in [0.4, 0.5) is 17.6 Å². The van der Waals surface area contributed by atoms with Gasteiger partial charge in [-0.15, -0.1) is 0 Å². The molecule has 13 heteroatoms. The summed E-state index contributed by atoms with van der Waals surface area (Å²) >= 11 is 5.95. The number of rotatable bonds is 9. The van der Waals surface area contributed by atoms with Crippen molar-refractivity contribution in [2.75, 3.05) is 26.3 Å². The molecule has 1 aromatic heterocycles. The van der Waals surface area contributed by atoms with Gasteiger partial charge in [0.1, 0.15) is 11.6 Å². The van der Waals surface area contributed by atoms with Gasteiger partial charge in [-0.1, -0.05) is 23.7 Å². The molecule has 46 heavy (non-hydrogen) atoms. The fourth-order valence-corrected chi connectivity index (χ4v) is 6.38. The van der Waals surface area contributed by atoms with Crippen molar-refractivity contribution in [1.82, 2.24) is 14.5 Å². The lowest BCUT2D eigenvalue weighted by Crippen LogP contribution is -2.35. The van der Waals surface area contributed by atoms with E-state index in [9.17, 15) is 22.4 Å². The molecule has 0 N–H and O–H groups in total. The van der Waals surface area contributed by atoms with E-state index in [4.69, 9.17) is 30.5 Å². The Balaban J connectivity index is 1.20. The minimum Gasteiger partial charge on any atom is -0.463 e. The molecule has 0 bridgehead atoms. The van der Waals surface area contributed by atoms with Gasteiger partial charge in [0.15, 0.2) is 17.2 Å². The number of ether oxygens (including phenoxy) is 4. The van der Waals surface area contributed by atoms with E-state index in [-0.39, 0.29) is 53.8 Å². The number of piperidine rings is 1. The van der Waals surface area contributed by atoms with E-state index in [2.05, 4.69) is 9.88 Å². The van der Waals surface area contributed by atoms with Crippen LogP contribution in [-0.2, 0) is 39.3 Å². The highest BCUT2D eigenvalue weighted by Crippen LogP contribution is 2.50. The largest absolute Gasteiger partial charge is 0.463 e. The van der Waals surface area contributed by atoms with Crippen LogP contribution in [0.2, 0.25) is 5.02 Å². The quantitative estimate of drug-likeness (QED) is 0.138. The first-order valence-corrected chi connectivity index (χ1v) is 15.6. The highest BCUT2D eigenvalue weighted by atomic mass is 35.5. The van der Waals surface area contributed by atoms with Crippen molar-refractivity contribution in [2.45, 2.75) is 70.2 Å². The third kappa shape index (κ3) is 6.61. The van der Waals surface area contributed by atoms with Crippen molar-refractivity contribution in [3.63, 3.8) is 0 Å². The molecular formula is C33H34ClF4N3O5. The number of likely N-dealkylation sites (tertiary alicyclic amines) is 1. The molecule has 3 aliphatic heterocycles. The zero-order valence-electron chi connectivity index (χ0n) is 25.4. The maximum atomic E-state index is 14.8. The van der Waals surface area contributed by atoms with Crippen molar-refractivity contribution in [3.05, 3.63) is 81.7 Å². The number of halogens is 5. The van der Waals surface area contributed by atoms with Crippen LogP contribution in [0.5, 0.6) is 11.5 Å². The molecule has 246 valence electrons. The second kappa shape index (κ2) is 12.9. The average molecular weight is 664 g/mol. The number of hydrogen-bond acceptors (Lipinski definition) is 7. The summed E-state index contributed by atoms with van der Waals surface area (Å²) < 4.78 is 81.6. The first-order chi connectivity index (χ1) is 21.9. The lowest BCUT2D eigenvalue weighted by Gasteiger charge is -2.33. The van der Waals surface area contributed by atoms with Gasteiger partial charge in [-0.25, -0.2) is 14.2 Å². The highest BCUT2D eigenvalue weighted by molar-refractivity contribution is 6.30. The molecule has 0 saturated carbocycles. The number of alkyl halides is 3. The number of benzene rings is 2. The summed E-state index contributed by atoms with van der Waals surface area (Å²) in [6.45, 7) is 5.52. The van der Waals surface area contributed by atoms with Crippen LogP contribution in [-0.4, -0.2) is 52.8 Å². The minimum absolute atomic E-state index is 0.0872. The molecule has 8 nitrogen and oxygen atoms in total. The first kappa shape index (κ1) is 32.3. The van der Waals surface area contributed by atoms with E-state index >= 15 is 0 Å². The SMILES string of the molecule is CCOC(=O)/C=C/c1c(C(F)(F)F)nc(CN2CCC(c3cccc4c3O[C@@](C)(c3ccc(Cl)cc3F)O4)CC2)n1C[C@@H]1CCO1. The third-order valence-electron chi connectivity index (χ3n) is 8.62. The fourth-order valence-electron chi connectivity index (χ4n) is 6.22. The normalized spacial score (nSPS) is 21.9. The van der Waals surface area contributed by atoms with E-state index < -0.39 is 29.4 Å². The Morgan fingerprint density at radius 3 is 2.59 bits per heavy atom. The predicted octanol–water partition coefficient (Wildman–Crippen LogP) is 7.08. The Bertz CT molecular complexity index is 1630. The summed E-state index contributed by atoms with van der Waals surface area (Å²) in [5, 5.41) is 0.269. The number of carbonyl (C=O) groups is 1. The second-order valence-electron chi connectivity index (χ2n) is 11.7. The molecule has 6 rings (SSSR count). The number of nitrogens with zero attached hydrogens (tertiary/aromatic N) is 3. The molecule has 0 unspecified atom stereocenters. The van der Waals surface area contributed by atoms with E-state index in [0.717, 1.165) is 24.1 Å². The number of esters is 1. The number of fused-ring (bicyclic) bond motifs is 1. The number of aromatic nitrogens is 2. The fraction of sp³-hybridized carbons (Fsp3) is 0.455. The number of para-hydroxylation sites is 1. The second-order valence-corrected chi connectivity index (χ2v) is 12.2. The molecule has 2 aromatic carbocycles. The third-order valence-corrected chi connectivity index (χ3v) is 8.86. The van der Waals surface area contributed by atoms with Crippen LogP contribution in [0.15, 0.2) is 42.5 Å². The Kier molecular flexibility index (Phi) is 9.06. The van der Waals surface area contributed by atoms with Gasteiger partial charge in [-0.2, -0.15) is 13.2 Å². The van der Waals surface area contributed by atoms with E-state index in [1.54, 1.807) is 32.0 Å². The standard InChI is InChI=1S/C33H34ClF4N3O5/c1-3-43-29(42)10-9-26-31(33(36,37)38)39-28(41(26)18-22-13-16-44-22)19-40-14-11-20(12-15-40)23-5-4-6-27-30(23)46-32(2,45-27)24-8-7-21(34)17-25(24)35/h4-10,17,20,22H,3,11-16,18-19H2,1-2H3/b10-9+/t22-,32-/m0/s1. The lowest BCUT2D eigenvalue weighted by atomic mass is 9.88. The molecule has 0 radical (unpaired) electrons. The zero-order chi connectivity index (χ0) is 32.6. The van der Waals surface area contributed by atoms with Crippen molar-refractivity contribution >= 4 is 23.6 Å². The molecule has 0 aliphatic carbocycles. The van der Waals surface area contributed by atoms with Gasteiger partial charge in [-0.05, 0) is 75.5 Å². The van der Waals surface area contributed by atoms with Crippen molar-refractivity contribution < 1.29 is 41.3 Å². The maximum Gasteiger partial charge on any atom is 0.435 e. The van der Waals surface area contributed by atoms with E-state index in [1.165, 1.54) is 10.6 Å². The summed E-state index contributed by atoms with van der Waals surface area (Å²) in [4.78, 5) is 18.1. The minimum atomic E-state index is -4.72. The summed E-state index contributed by atoms with van der Waals surface area (Å²) in [5.74, 6) is -1.22. The van der Waals surface area contributed by atoms with Gasteiger partial charge in [0.25, 0.3) is 5.79 Å². The van der Waals surface area contributed by atoms with Crippen LogP contribution >= 0.6 is 11.6 Å². The van der Waals surface area contributed by atoms with Crippen LogP contribution < -0.4 is 9.47 Å². The summed E-state index contributed by atoms with van der Waals surface area (Å²) in [7, 11) is 0. The molecule has 3 aliphatic rings. The summed E-state index contributed by atoms with van der Waals surface area (Å²) in [6, 6.07) is 9.97. The summed E-state index contributed by atoms with van der Waals surface area (Å²) in [5.41, 5.74) is -0.0801. The average Bonchev–Trinajstić information content (AvgIpc) is 3.51. The van der Waals surface area contributed by atoms with Crippen LogP contribution in [0, 0.1) is 5.82 Å². The van der Waals surface area contributed by atoms with Crippen LogP contribution in [0.25, 0.3) is 6.08 Å². The Morgan fingerprint density at radius 1 is 1.17 bits per heavy atom. The number of carbonyl (C=O) groups excluding carboxylic acids is 1. The number of imidazole rings is 1.